The molecule has 0 spiro atoms. The topological polar surface area (TPSA) is 61.1 Å². The van der Waals surface area contributed by atoms with E-state index in [-0.39, 0.29) is 4.24 Å². The molecule has 0 rings (SSSR count). The Morgan fingerprint density at radius 2 is 2.07 bits per heavy atom. The largest absolute Gasteiger partial charge is 0.385 e. The normalized spacial score (nSPS) is 17.6. The van der Waals surface area contributed by atoms with E-state index in [9.17, 15) is 9.32 Å². The molecule has 0 radical (unpaired) electrons. The third-order valence-electron chi connectivity index (χ3n) is 1.52. The lowest BCUT2D eigenvalue weighted by Crippen LogP contribution is -2.20. The fourth-order valence-corrected chi connectivity index (χ4v) is 2.26. The fraction of sp³-hybridized carbons (Fsp3) is 0.556. The van der Waals surface area contributed by atoms with Crippen LogP contribution in [0.3, 0.4) is 0 Å². The zero-order chi connectivity index (χ0) is 11.6. The molecule has 0 aromatic rings. The molecule has 0 aliphatic carbocycles. The van der Waals surface area contributed by atoms with E-state index in [2.05, 4.69) is 6.58 Å². The molecule has 0 amide bonds. The van der Waals surface area contributed by atoms with Gasteiger partial charge in [-0.05, 0) is 20.8 Å². The van der Waals surface area contributed by atoms with E-state index in [1.165, 1.54) is 6.26 Å². The standard InChI is InChI=1S/C9H17NO2S2/c1-6-8(9(3,4)11)13-7(2)14(5,10)12/h6,10-11H,2H2,1,3-5H3/b8-6-. The quantitative estimate of drug-likeness (QED) is 0.787. The molecule has 1 unspecified atom stereocenters. The average Bonchev–Trinajstić information content (AvgIpc) is 1.95. The number of rotatable bonds is 4. The molecule has 0 saturated carbocycles. The van der Waals surface area contributed by atoms with Crippen molar-refractivity contribution >= 4 is 21.5 Å². The molecular weight excluding hydrogens is 218 g/mol. The lowest BCUT2D eigenvalue weighted by molar-refractivity contribution is 0.129. The van der Waals surface area contributed by atoms with Crippen LogP contribution in [-0.4, -0.2) is 21.2 Å². The number of aliphatic hydroxyl groups is 1. The van der Waals surface area contributed by atoms with E-state index < -0.39 is 15.3 Å². The minimum Gasteiger partial charge on any atom is -0.385 e. The predicted molar refractivity (Wildman–Crippen MR) is 63.6 cm³/mol. The third-order valence-corrected chi connectivity index (χ3v) is 4.78. The van der Waals surface area contributed by atoms with Crippen LogP contribution in [0, 0.1) is 4.78 Å². The molecule has 2 N–H and O–H groups in total. The molecule has 0 heterocycles. The summed E-state index contributed by atoms with van der Waals surface area (Å²) in [6.07, 6.45) is 3.06. The summed E-state index contributed by atoms with van der Waals surface area (Å²) in [6, 6.07) is 0. The second-order valence-corrected chi connectivity index (χ2v) is 7.10. The van der Waals surface area contributed by atoms with Crippen molar-refractivity contribution < 1.29 is 9.32 Å². The van der Waals surface area contributed by atoms with Crippen molar-refractivity contribution in [1.82, 2.24) is 0 Å². The van der Waals surface area contributed by atoms with Crippen molar-refractivity contribution in [3.63, 3.8) is 0 Å². The Hall–Kier alpha value is -0.260. The van der Waals surface area contributed by atoms with Gasteiger partial charge in [0, 0.05) is 11.2 Å². The van der Waals surface area contributed by atoms with Crippen LogP contribution < -0.4 is 0 Å². The first-order chi connectivity index (χ1) is 6.09. The highest BCUT2D eigenvalue weighted by atomic mass is 32.3. The summed E-state index contributed by atoms with van der Waals surface area (Å²) in [7, 11) is -2.75. The highest BCUT2D eigenvalue weighted by Crippen LogP contribution is 2.34. The second kappa shape index (κ2) is 4.51. The van der Waals surface area contributed by atoms with Crippen molar-refractivity contribution in [1.29, 1.82) is 4.78 Å². The van der Waals surface area contributed by atoms with Crippen LogP contribution in [-0.2, 0) is 9.73 Å². The van der Waals surface area contributed by atoms with E-state index in [0.717, 1.165) is 11.8 Å². The van der Waals surface area contributed by atoms with E-state index in [0.29, 0.717) is 4.91 Å². The maximum absolute atomic E-state index is 11.3. The summed E-state index contributed by atoms with van der Waals surface area (Å²) in [5.74, 6) is 0. The van der Waals surface area contributed by atoms with E-state index in [1.54, 1.807) is 26.8 Å². The lowest BCUT2D eigenvalue weighted by Gasteiger charge is -2.21. The van der Waals surface area contributed by atoms with Gasteiger partial charge in [-0.3, -0.25) is 0 Å². The van der Waals surface area contributed by atoms with Crippen molar-refractivity contribution in [2.24, 2.45) is 0 Å². The number of thioether (sulfide) groups is 1. The summed E-state index contributed by atoms with van der Waals surface area (Å²) in [5, 5.41) is 9.71. The first-order valence-electron chi connectivity index (χ1n) is 4.08. The third kappa shape index (κ3) is 4.30. The molecule has 1 atom stereocenters. The van der Waals surface area contributed by atoms with Crippen molar-refractivity contribution in [2.45, 2.75) is 26.4 Å². The molecule has 0 fully saturated rings. The van der Waals surface area contributed by atoms with Gasteiger partial charge < -0.3 is 5.11 Å². The van der Waals surface area contributed by atoms with Crippen molar-refractivity contribution in [3.05, 3.63) is 21.8 Å². The Morgan fingerprint density at radius 3 is 2.29 bits per heavy atom. The number of hydrogen-bond acceptors (Lipinski definition) is 4. The molecule has 82 valence electrons. The van der Waals surface area contributed by atoms with Gasteiger partial charge in [-0.1, -0.05) is 24.4 Å². The monoisotopic (exact) mass is 235 g/mol. The van der Waals surface area contributed by atoms with Crippen LogP contribution in [0.5, 0.6) is 0 Å². The number of hydrogen-bond donors (Lipinski definition) is 2. The van der Waals surface area contributed by atoms with E-state index in [4.69, 9.17) is 4.78 Å². The number of nitrogens with one attached hydrogen (secondary N) is 1. The van der Waals surface area contributed by atoms with Crippen LogP contribution in [0.15, 0.2) is 21.8 Å². The smallest absolute Gasteiger partial charge is 0.0898 e. The van der Waals surface area contributed by atoms with Gasteiger partial charge in [0.15, 0.2) is 0 Å². The number of allylic oxidation sites excluding steroid dienone is 1. The van der Waals surface area contributed by atoms with Gasteiger partial charge in [0.2, 0.25) is 0 Å². The Kier molecular flexibility index (Phi) is 4.42. The molecule has 0 bridgehead atoms. The first kappa shape index (κ1) is 13.7. The van der Waals surface area contributed by atoms with E-state index in [1.807, 2.05) is 0 Å². The fourth-order valence-electron chi connectivity index (χ4n) is 0.739. The van der Waals surface area contributed by atoms with Crippen LogP contribution >= 0.6 is 11.8 Å². The molecule has 0 saturated heterocycles. The molecule has 5 heteroatoms. The predicted octanol–water partition coefficient (Wildman–Crippen LogP) is 2.54. The molecule has 0 aromatic carbocycles. The van der Waals surface area contributed by atoms with Gasteiger partial charge in [0.25, 0.3) is 0 Å². The van der Waals surface area contributed by atoms with Crippen LogP contribution in [0.1, 0.15) is 20.8 Å². The molecule has 0 aromatic heterocycles. The SMILES string of the molecule is C=C(S/C(=C\C)C(C)(C)O)S(C)(=N)=O. The zero-order valence-electron chi connectivity index (χ0n) is 8.96. The van der Waals surface area contributed by atoms with Gasteiger partial charge in [-0.15, -0.1) is 0 Å². The van der Waals surface area contributed by atoms with Crippen LogP contribution in [0.25, 0.3) is 0 Å². The Morgan fingerprint density at radius 1 is 1.64 bits per heavy atom. The summed E-state index contributed by atoms with van der Waals surface area (Å²) in [4.78, 5) is 0.657. The van der Waals surface area contributed by atoms with Crippen LogP contribution in [0.4, 0.5) is 0 Å². The van der Waals surface area contributed by atoms with Crippen molar-refractivity contribution in [2.75, 3.05) is 6.26 Å². The Balaban J connectivity index is 4.79. The highest BCUT2D eigenvalue weighted by Gasteiger charge is 2.21. The maximum atomic E-state index is 11.3. The van der Waals surface area contributed by atoms with Crippen LogP contribution in [0.2, 0.25) is 0 Å². The highest BCUT2D eigenvalue weighted by molar-refractivity contribution is 8.20. The van der Waals surface area contributed by atoms with Gasteiger partial charge in [0.05, 0.1) is 19.6 Å². The minimum absolute atomic E-state index is 0.271. The lowest BCUT2D eigenvalue weighted by atomic mass is 10.1. The van der Waals surface area contributed by atoms with Gasteiger partial charge in [-0.25, -0.2) is 8.99 Å². The minimum atomic E-state index is -2.75. The zero-order valence-corrected chi connectivity index (χ0v) is 10.6. The van der Waals surface area contributed by atoms with Crippen molar-refractivity contribution in [3.8, 4) is 0 Å². The molecular formula is C9H17NO2S2. The maximum Gasteiger partial charge on any atom is 0.0898 e. The van der Waals surface area contributed by atoms with Gasteiger partial charge in [-0.2, -0.15) is 0 Å². The molecule has 0 aliphatic heterocycles. The molecule has 3 nitrogen and oxygen atoms in total. The average molecular weight is 235 g/mol. The summed E-state index contributed by atoms with van der Waals surface area (Å²) in [5.41, 5.74) is -0.979. The Labute approximate surface area is 90.3 Å². The van der Waals surface area contributed by atoms with E-state index >= 15 is 0 Å². The second-order valence-electron chi connectivity index (χ2n) is 3.53. The Bertz CT molecular complexity index is 347. The summed E-state index contributed by atoms with van der Waals surface area (Å²) < 4.78 is 18.9. The summed E-state index contributed by atoms with van der Waals surface area (Å²) >= 11 is 1.11. The molecule has 0 aliphatic rings. The summed E-state index contributed by atoms with van der Waals surface area (Å²) in [6.45, 7) is 8.65. The first-order valence-corrected chi connectivity index (χ1v) is 6.87. The van der Waals surface area contributed by atoms with Gasteiger partial charge >= 0.3 is 0 Å². The van der Waals surface area contributed by atoms with Gasteiger partial charge in [0.1, 0.15) is 0 Å². The molecule has 14 heavy (non-hydrogen) atoms.